The van der Waals surface area contributed by atoms with E-state index < -0.39 is 0 Å². The van der Waals surface area contributed by atoms with Crippen molar-refractivity contribution in [2.24, 2.45) is 0 Å². The molecule has 0 spiro atoms. The number of nitrogens with one attached hydrogen (secondary N) is 2. The van der Waals surface area contributed by atoms with Crippen molar-refractivity contribution in [1.29, 1.82) is 0 Å². The normalized spacial score (nSPS) is 16.9. The number of hydrogen-bond donors (Lipinski definition) is 2. The van der Waals surface area contributed by atoms with Crippen LogP contribution in [0.1, 0.15) is 38.5 Å². The summed E-state index contributed by atoms with van der Waals surface area (Å²) >= 11 is 0. The Kier molecular flexibility index (Phi) is 7.07. The Morgan fingerprint density at radius 1 is 0.588 bits per heavy atom. The van der Waals surface area contributed by atoms with E-state index in [9.17, 15) is 9.59 Å². The fourth-order valence-corrected chi connectivity index (χ4v) is 5.13. The van der Waals surface area contributed by atoms with Crippen molar-refractivity contribution in [3.05, 3.63) is 48.5 Å². The fourth-order valence-electron chi connectivity index (χ4n) is 5.13. The molecule has 6 nitrogen and oxygen atoms in total. The van der Waals surface area contributed by atoms with Gasteiger partial charge in [-0.1, -0.05) is 12.1 Å². The molecule has 2 saturated heterocycles. The van der Waals surface area contributed by atoms with Crippen molar-refractivity contribution in [2.45, 2.75) is 38.5 Å². The SMILES string of the molecule is O=C(CCN1CCCC1)Nc1ccc2cc3cc(NC(=O)CCN4CCCC4)ccc3cc2c1. The van der Waals surface area contributed by atoms with Gasteiger partial charge in [0.1, 0.15) is 0 Å². The second kappa shape index (κ2) is 10.5. The summed E-state index contributed by atoms with van der Waals surface area (Å²) in [4.78, 5) is 29.5. The molecule has 178 valence electrons. The van der Waals surface area contributed by atoms with Crippen LogP contribution in [0.4, 0.5) is 11.4 Å². The second-order valence-corrected chi connectivity index (χ2v) is 9.67. The maximum atomic E-state index is 12.4. The summed E-state index contributed by atoms with van der Waals surface area (Å²) in [6.07, 6.45) is 6.03. The molecule has 0 unspecified atom stereocenters. The maximum absolute atomic E-state index is 12.4. The van der Waals surface area contributed by atoms with Crippen LogP contribution in [0.15, 0.2) is 48.5 Å². The van der Waals surface area contributed by atoms with Crippen LogP contribution in [-0.2, 0) is 9.59 Å². The van der Waals surface area contributed by atoms with E-state index in [4.69, 9.17) is 0 Å². The van der Waals surface area contributed by atoms with E-state index in [-0.39, 0.29) is 11.8 Å². The van der Waals surface area contributed by atoms with Crippen LogP contribution in [0.3, 0.4) is 0 Å². The Labute approximate surface area is 201 Å². The van der Waals surface area contributed by atoms with E-state index in [1.807, 2.05) is 36.4 Å². The molecule has 2 N–H and O–H groups in total. The fraction of sp³-hybridized carbons (Fsp3) is 0.429. The molecule has 2 heterocycles. The number of likely N-dealkylation sites (tertiary alicyclic amines) is 2. The van der Waals surface area contributed by atoms with Crippen molar-refractivity contribution >= 4 is 44.7 Å². The Balaban J connectivity index is 1.22. The molecule has 0 atom stereocenters. The number of anilines is 2. The molecule has 0 aromatic heterocycles. The lowest BCUT2D eigenvalue weighted by atomic mass is 10.0. The molecule has 2 aliphatic rings. The van der Waals surface area contributed by atoms with Gasteiger partial charge in [-0.2, -0.15) is 0 Å². The summed E-state index contributed by atoms with van der Waals surface area (Å²) in [6.45, 7) is 6.11. The first-order chi connectivity index (χ1) is 16.6. The standard InChI is InChI=1S/C28H34N4O2/c33-27(9-15-31-11-1-2-12-31)29-25-7-5-21-18-24-20-26(8-6-22(24)17-23(21)19-25)30-28(34)10-16-32-13-3-4-14-32/h5-8,17-20H,1-4,9-16H2,(H,29,33)(H,30,34). The summed E-state index contributed by atoms with van der Waals surface area (Å²) in [7, 11) is 0. The molecule has 0 bridgehead atoms. The minimum absolute atomic E-state index is 0.0668. The molecule has 2 amide bonds. The third-order valence-electron chi connectivity index (χ3n) is 7.07. The summed E-state index contributed by atoms with van der Waals surface area (Å²) in [5.74, 6) is 0.134. The predicted octanol–water partition coefficient (Wildman–Crippen LogP) is 4.84. The van der Waals surface area contributed by atoms with Gasteiger partial charge in [0, 0.05) is 37.3 Å². The highest BCUT2D eigenvalue weighted by Gasteiger charge is 2.14. The topological polar surface area (TPSA) is 64.7 Å². The maximum Gasteiger partial charge on any atom is 0.225 e. The number of carbonyl (C=O) groups is 2. The quantitative estimate of drug-likeness (QED) is 0.474. The van der Waals surface area contributed by atoms with Gasteiger partial charge in [-0.15, -0.1) is 0 Å². The molecule has 2 aliphatic heterocycles. The number of nitrogens with zero attached hydrogens (tertiary/aromatic N) is 2. The van der Waals surface area contributed by atoms with E-state index >= 15 is 0 Å². The number of carbonyl (C=O) groups excluding carboxylic acids is 2. The Bertz CT molecular complexity index is 1090. The van der Waals surface area contributed by atoms with E-state index in [0.717, 1.165) is 72.2 Å². The molecule has 3 aromatic rings. The number of amides is 2. The van der Waals surface area contributed by atoms with Gasteiger partial charge in [0.15, 0.2) is 0 Å². The highest BCUT2D eigenvalue weighted by molar-refractivity contribution is 6.02. The van der Waals surface area contributed by atoms with Gasteiger partial charge >= 0.3 is 0 Å². The number of hydrogen-bond acceptors (Lipinski definition) is 4. The monoisotopic (exact) mass is 458 g/mol. The minimum Gasteiger partial charge on any atom is -0.326 e. The molecule has 0 aliphatic carbocycles. The summed E-state index contributed by atoms with van der Waals surface area (Å²) in [5, 5.41) is 10.5. The first kappa shape index (κ1) is 22.8. The number of fused-ring (bicyclic) bond motifs is 2. The molecule has 34 heavy (non-hydrogen) atoms. The number of rotatable bonds is 8. The highest BCUT2D eigenvalue weighted by Crippen LogP contribution is 2.27. The average Bonchev–Trinajstić information content (AvgIpc) is 3.54. The van der Waals surface area contributed by atoms with Crippen LogP contribution >= 0.6 is 0 Å². The molecule has 6 heteroatoms. The molecule has 2 fully saturated rings. The first-order valence-electron chi connectivity index (χ1n) is 12.6. The van der Waals surface area contributed by atoms with Crippen LogP contribution in [-0.4, -0.2) is 60.9 Å². The van der Waals surface area contributed by atoms with Gasteiger partial charge in [0.2, 0.25) is 11.8 Å². The first-order valence-corrected chi connectivity index (χ1v) is 12.6. The number of benzene rings is 3. The van der Waals surface area contributed by atoms with Gasteiger partial charge in [-0.05, 0) is 110 Å². The van der Waals surface area contributed by atoms with Gasteiger partial charge in [0.25, 0.3) is 0 Å². The minimum atomic E-state index is 0.0668. The van der Waals surface area contributed by atoms with Crippen molar-refractivity contribution < 1.29 is 9.59 Å². The molecular weight excluding hydrogens is 424 g/mol. The van der Waals surface area contributed by atoms with Crippen molar-refractivity contribution in [3.8, 4) is 0 Å². The van der Waals surface area contributed by atoms with Crippen molar-refractivity contribution in [1.82, 2.24) is 9.80 Å². The van der Waals surface area contributed by atoms with Gasteiger partial charge in [-0.3, -0.25) is 9.59 Å². The van der Waals surface area contributed by atoms with E-state index in [2.05, 4.69) is 32.6 Å². The third kappa shape index (κ3) is 5.75. The third-order valence-corrected chi connectivity index (χ3v) is 7.07. The van der Waals surface area contributed by atoms with Crippen LogP contribution in [0.25, 0.3) is 21.5 Å². The molecular formula is C28H34N4O2. The predicted molar refractivity (Wildman–Crippen MR) is 139 cm³/mol. The summed E-state index contributed by atoms with van der Waals surface area (Å²) in [6, 6.07) is 16.4. The van der Waals surface area contributed by atoms with Crippen LogP contribution in [0.2, 0.25) is 0 Å². The van der Waals surface area contributed by atoms with Gasteiger partial charge in [-0.25, -0.2) is 0 Å². The van der Waals surface area contributed by atoms with Crippen LogP contribution in [0.5, 0.6) is 0 Å². The van der Waals surface area contributed by atoms with E-state index in [0.29, 0.717) is 12.8 Å². The Hall–Kier alpha value is -2.96. The zero-order chi connectivity index (χ0) is 23.3. The Morgan fingerprint density at radius 3 is 1.41 bits per heavy atom. The van der Waals surface area contributed by atoms with E-state index in [1.165, 1.54) is 25.7 Å². The van der Waals surface area contributed by atoms with Crippen molar-refractivity contribution in [3.63, 3.8) is 0 Å². The van der Waals surface area contributed by atoms with Crippen LogP contribution in [0, 0.1) is 0 Å². The highest BCUT2D eigenvalue weighted by atomic mass is 16.2. The smallest absolute Gasteiger partial charge is 0.225 e. The molecule has 0 radical (unpaired) electrons. The van der Waals surface area contributed by atoms with Gasteiger partial charge < -0.3 is 20.4 Å². The zero-order valence-electron chi connectivity index (χ0n) is 19.8. The summed E-state index contributed by atoms with van der Waals surface area (Å²) < 4.78 is 0. The lowest BCUT2D eigenvalue weighted by Crippen LogP contribution is -2.25. The lowest BCUT2D eigenvalue weighted by molar-refractivity contribution is -0.117. The van der Waals surface area contributed by atoms with Crippen molar-refractivity contribution in [2.75, 3.05) is 49.9 Å². The average molecular weight is 459 g/mol. The Morgan fingerprint density at radius 2 is 1.00 bits per heavy atom. The molecule has 5 rings (SSSR count). The van der Waals surface area contributed by atoms with Gasteiger partial charge in [0.05, 0.1) is 0 Å². The second-order valence-electron chi connectivity index (χ2n) is 9.67. The lowest BCUT2D eigenvalue weighted by Gasteiger charge is -2.14. The molecule has 3 aromatic carbocycles. The van der Waals surface area contributed by atoms with Crippen LogP contribution < -0.4 is 10.6 Å². The summed E-state index contributed by atoms with van der Waals surface area (Å²) in [5.41, 5.74) is 1.67. The largest absolute Gasteiger partial charge is 0.326 e. The van der Waals surface area contributed by atoms with E-state index in [1.54, 1.807) is 0 Å². The molecule has 0 saturated carbocycles. The zero-order valence-corrected chi connectivity index (χ0v) is 19.8.